The van der Waals surface area contributed by atoms with Crippen LogP contribution in [-0.2, 0) is 10.2 Å². The van der Waals surface area contributed by atoms with E-state index in [0.29, 0.717) is 0 Å². The van der Waals surface area contributed by atoms with E-state index in [1.54, 1.807) is 12.1 Å². The van der Waals surface area contributed by atoms with Crippen LogP contribution in [0.2, 0.25) is 0 Å². The summed E-state index contributed by atoms with van der Waals surface area (Å²) in [5.41, 5.74) is 2.50. The normalized spacial score (nSPS) is 21.0. The molecule has 3 rings (SSSR count). The van der Waals surface area contributed by atoms with Crippen LogP contribution in [0.15, 0.2) is 18.2 Å². The highest BCUT2D eigenvalue weighted by atomic mass is 16.6. The molecule has 6 nitrogen and oxygen atoms in total. The molecular formula is C17H25N3O3. The molecule has 0 amide bonds. The summed E-state index contributed by atoms with van der Waals surface area (Å²) in [6.07, 6.45) is 1.07. The van der Waals surface area contributed by atoms with Gasteiger partial charge < -0.3 is 9.64 Å². The Morgan fingerprint density at radius 1 is 1.22 bits per heavy atom. The molecule has 2 heterocycles. The maximum atomic E-state index is 11.1. The summed E-state index contributed by atoms with van der Waals surface area (Å²) in [5, 5.41) is 11.1. The molecule has 0 N–H and O–H groups in total. The van der Waals surface area contributed by atoms with Gasteiger partial charge in [0, 0.05) is 50.5 Å². The first-order chi connectivity index (χ1) is 11.0. The standard InChI is InChI=1S/C17H25N3O3/c1-17(2)5-6-19(8-7-18-9-11-23-12-10-18)16-13-14(20(21)22)3-4-15(16)17/h3-4,13H,5-12H2,1-2H3. The van der Waals surface area contributed by atoms with E-state index in [1.165, 1.54) is 5.56 Å². The Labute approximate surface area is 137 Å². The van der Waals surface area contributed by atoms with Crippen LogP contribution in [0.4, 0.5) is 11.4 Å². The lowest BCUT2D eigenvalue weighted by Crippen LogP contribution is -2.44. The van der Waals surface area contributed by atoms with Crippen molar-refractivity contribution >= 4 is 11.4 Å². The summed E-state index contributed by atoms with van der Waals surface area (Å²) in [4.78, 5) is 15.5. The predicted octanol–water partition coefficient (Wildman–Crippen LogP) is 2.41. The number of nitro groups is 1. The topological polar surface area (TPSA) is 58.8 Å². The summed E-state index contributed by atoms with van der Waals surface area (Å²) < 4.78 is 5.39. The van der Waals surface area contributed by atoms with Gasteiger partial charge in [-0.3, -0.25) is 15.0 Å². The van der Waals surface area contributed by atoms with Crippen molar-refractivity contribution in [2.24, 2.45) is 0 Å². The quantitative estimate of drug-likeness (QED) is 0.630. The van der Waals surface area contributed by atoms with Crippen molar-refractivity contribution in [3.8, 4) is 0 Å². The van der Waals surface area contributed by atoms with Crippen molar-refractivity contribution in [1.82, 2.24) is 4.90 Å². The lowest BCUT2D eigenvalue weighted by atomic mass is 9.77. The molecule has 1 aromatic rings. The van der Waals surface area contributed by atoms with E-state index < -0.39 is 0 Å². The second-order valence-corrected chi connectivity index (χ2v) is 7.03. The number of nitro benzene ring substituents is 1. The Bertz CT molecular complexity index is 582. The molecule has 6 heteroatoms. The number of morpholine rings is 1. The van der Waals surface area contributed by atoms with E-state index in [9.17, 15) is 10.1 Å². The Morgan fingerprint density at radius 2 is 1.96 bits per heavy atom. The molecule has 2 aliphatic rings. The number of non-ortho nitro benzene ring substituents is 1. The van der Waals surface area contributed by atoms with Crippen molar-refractivity contribution in [3.05, 3.63) is 33.9 Å². The smallest absolute Gasteiger partial charge is 0.271 e. The summed E-state index contributed by atoms with van der Waals surface area (Å²) in [6, 6.07) is 5.32. The van der Waals surface area contributed by atoms with Crippen molar-refractivity contribution in [3.63, 3.8) is 0 Å². The van der Waals surface area contributed by atoms with E-state index in [1.807, 2.05) is 6.07 Å². The number of anilines is 1. The fraction of sp³-hybridized carbons (Fsp3) is 0.647. The molecule has 0 atom stereocenters. The molecule has 0 unspecified atom stereocenters. The number of ether oxygens (including phenoxy) is 1. The zero-order valence-corrected chi connectivity index (χ0v) is 14.0. The van der Waals surface area contributed by atoms with Crippen molar-refractivity contribution in [2.45, 2.75) is 25.7 Å². The highest BCUT2D eigenvalue weighted by Gasteiger charge is 2.32. The summed E-state index contributed by atoms with van der Waals surface area (Å²) in [5.74, 6) is 0. The van der Waals surface area contributed by atoms with E-state index in [-0.39, 0.29) is 16.0 Å². The van der Waals surface area contributed by atoms with Crippen molar-refractivity contribution in [2.75, 3.05) is 50.8 Å². The first kappa shape index (κ1) is 16.2. The zero-order chi connectivity index (χ0) is 16.4. The number of hydrogen-bond acceptors (Lipinski definition) is 5. The number of benzene rings is 1. The largest absolute Gasteiger partial charge is 0.379 e. The third-order valence-electron chi connectivity index (χ3n) is 5.06. The van der Waals surface area contributed by atoms with E-state index >= 15 is 0 Å². The molecule has 0 bridgehead atoms. The molecular weight excluding hydrogens is 294 g/mol. The van der Waals surface area contributed by atoms with Crippen LogP contribution in [0.25, 0.3) is 0 Å². The lowest BCUT2D eigenvalue weighted by molar-refractivity contribution is -0.384. The molecule has 0 saturated carbocycles. The number of rotatable bonds is 4. The molecule has 1 aromatic carbocycles. The maximum Gasteiger partial charge on any atom is 0.271 e. The van der Waals surface area contributed by atoms with Crippen LogP contribution in [0.5, 0.6) is 0 Å². The lowest BCUT2D eigenvalue weighted by Gasteiger charge is -2.41. The van der Waals surface area contributed by atoms with Gasteiger partial charge in [0.2, 0.25) is 0 Å². The summed E-state index contributed by atoms with van der Waals surface area (Å²) in [7, 11) is 0. The molecule has 0 aliphatic carbocycles. The summed E-state index contributed by atoms with van der Waals surface area (Å²) in [6.45, 7) is 10.8. The Morgan fingerprint density at radius 3 is 2.65 bits per heavy atom. The van der Waals surface area contributed by atoms with E-state index in [0.717, 1.165) is 58.0 Å². The van der Waals surface area contributed by atoms with E-state index in [4.69, 9.17) is 4.74 Å². The van der Waals surface area contributed by atoms with Gasteiger partial charge in [-0.05, 0) is 23.5 Å². The van der Waals surface area contributed by atoms with Crippen LogP contribution in [0.3, 0.4) is 0 Å². The van der Waals surface area contributed by atoms with Gasteiger partial charge in [-0.2, -0.15) is 0 Å². The number of nitrogens with zero attached hydrogens (tertiary/aromatic N) is 3. The second kappa shape index (κ2) is 6.45. The Kier molecular flexibility index (Phi) is 4.55. The third kappa shape index (κ3) is 3.48. The minimum atomic E-state index is -0.304. The minimum absolute atomic E-state index is 0.0694. The molecule has 0 radical (unpaired) electrons. The van der Waals surface area contributed by atoms with Gasteiger partial charge in [0.25, 0.3) is 5.69 Å². The molecule has 23 heavy (non-hydrogen) atoms. The Hall–Kier alpha value is -1.66. The monoisotopic (exact) mass is 319 g/mol. The average molecular weight is 319 g/mol. The third-order valence-corrected chi connectivity index (χ3v) is 5.06. The van der Waals surface area contributed by atoms with Gasteiger partial charge in [0.1, 0.15) is 0 Å². The minimum Gasteiger partial charge on any atom is -0.379 e. The van der Waals surface area contributed by atoms with Gasteiger partial charge in [0.05, 0.1) is 18.1 Å². The average Bonchev–Trinajstić information content (AvgIpc) is 2.54. The fourth-order valence-corrected chi connectivity index (χ4v) is 3.46. The first-order valence-corrected chi connectivity index (χ1v) is 8.31. The highest BCUT2D eigenvalue weighted by molar-refractivity contribution is 5.63. The van der Waals surface area contributed by atoms with Gasteiger partial charge in [-0.1, -0.05) is 13.8 Å². The molecule has 126 valence electrons. The fourth-order valence-electron chi connectivity index (χ4n) is 3.46. The van der Waals surface area contributed by atoms with Crippen molar-refractivity contribution in [1.29, 1.82) is 0 Å². The SMILES string of the molecule is CC1(C)CCN(CCN2CCOCC2)c2cc([N+](=O)[O-])ccc21. The van der Waals surface area contributed by atoms with Gasteiger partial charge in [-0.15, -0.1) is 0 Å². The number of fused-ring (bicyclic) bond motifs is 1. The van der Waals surface area contributed by atoms with Gasteiger partial charge >= 0.3 is 0 Å². The second-order valence-electron chi connectivity index (χ2n) is 7.03. The van der Waals surface area contributed by atoms with Crippen molar-refractivity contribution < 1.29 is 9.66 Å². The number of hydrogen-bond donors (Lipinski definition) is 0. The van der Waals surface area contributed by atoms with Crippen LogP contribution in [0, 0.1) is 10.1 Å². The van der Waals surface area contributed by atoms with Gasteiger partial charge in [0.15, 0.2) is 0 Å². The predicted molar refractivity (Wildman–Crippen MR) is 90.2 cm³/mol. The summed E-state index contributed by atoms with van der Waals surface area (Å²) >= 11 is 0. The molecule has 2 aliphatic heterocycles. The maximum absolute atomic E-state index is 11.1. The molecule has 0 aromatic heterocycles. The molecule has 0 spiro atoms. The van der Waals surface area contributed by atoms with Gasteiger partial charge in [-0.25, -0.2) is 0 Å². The first-order valence-electron chi connectivity index (χ1n) is 8.31. The van der Waals surface area contributed by atoms with Crippen LogP contribution < -0.4 is 4.90 Å². The van der Waals surface area contributed by atoms with Crippen LogP contribution in [0.1, 0.15) is 25.8 Å². The highest BCUT2D eigenvalue weighted by Crippen LogP contribution is 2.41. The molecule has 1 saturated heterocycles. The zero-order valence-electron chi connectivity index (χ0n) is 14.0. The van der Waals surface area contributed by atoms with E-state index in [2.05, 4.69) is 23.6 Å². The molecule has 1 fully saturated rings. The van der Waals surface area contributed by atoms with Crippen LogP contribution >= 0.6 is 0 Å². The Balaban J connectivity index is 1.79. The van der Waals surface area contributed by atoms with Crippen LogP contribution in [-0.4, -0.2) is 55.8 Å².